The third kappa shape index (κ3) is 3.82. The molecule has 0 aliphatic rings. The molecule has 3 aromatic carbocycles. The summed E-state index contributed by atoms with van der Waals surface area (Å²) in [5.74, 6) is 0. The Labute approximate surface area is 175 Å². The number of anilines is 1. The number of nitrogens with one attached hydrogen (secondary N) is 2. The Kier molecular flexibility index (Phi) is 5.35. The van der Waals surface area contributed by atoms with Crippen LogP contribution >= 0.6 is 0 Å². The van der Waals surface area contributed by atoms with Gasteiger partial charge >= 0.3 is 6.03 Å². The van der Waals surface area contributed by atoms with Crippen LogP contribution in [-0.2, 0) is 7.05 Å². The molecule has 2 amide bonds. The van der Waals surface area contributed by atoms with Crippen molar-refractivity contribution in [3.8, 4) is 0 Å². The number of nitrogens with zero attached hydrogens (tertiary/aromatic N) is 1. The number of aromatic nitrogens is 1. The standard InChI is InChI=1S/C25H23N3O2/c1-17-15-16-28(2)24(29)22(17)26-25(30)27-23(19-10-4-3-5-11-19)21-14-8-12-18-9-6-7-13-20(18)21/h3-16,23H,1-2H3,(H2,26,27,30). The summed E-state index contributed by atoms with van der Waals surface area (Å²) in [5.41, 5.74) is 2.71. The molecule has 1 aromatic heterocycles. The van der Waals surface area contributed by atoms with Crippen LogP contribution in [0.25, 0.3) is 10.8 Å². The molecule has 4 aromatic rings. The summed E-state index contributed by atoms with van der Waals surface area (Å²) in [7, 11) is 1.66. The summed E-state index contributed by atoms with van der Waals surface area (Å²) >= 11 is 0. The fourth-order valence-electron chi connectivity index (χ4n) is 3.64. The molecule has 30 heavy (non-hydrogen) atoms. The van der Waals surface area contributed by atoms with Crippen LogP contribution in [0.3, 0.4) is 0 Å². The molecule has 5 heteroatoms. The van der Waals surface area contributed by atoms with Crippen LogP contribution in [0.15, 0.2) is 89.9 Å². The van der Waals surface area contributed by atoms with E-state index in [4.69, 9.17) is 0 Å². The molecule has 4 rings (SSSR count). The molecular formula is C25H23N3O2. The van der Waals surface area contributed by atoms with Crippen LogP contribution in [-0.4, -0.2) is 10.6 Å². The van der Waals surface area contributed by atoms with Gasteiger partial charge in [-0.25, -0.2) is 4.79 Å². The summed E-state index contributed by atoms with van der Waals surface area (Å²) in [5, 5.41) is 7.99. The molecule has 0 saturated heterocycles. The van der Waals surface area contributed by atoms with Gasteiger partial charge in [-0.1, -0.05) is 72.8 Å². The van der Waals surface area contributed by atoms with Gasteiger partial charge in [-0.15, -0.1) is 0 Å². The number of urea groups is 1. The zero-order valence-electron chi connectivity index (χ0n) is 16.9. The average molecular weight is 397 g/mol. The van der Waals surface area contributed by atoms with Crippen molar-refractivity contribution in [2.75, 3.05) is 5.32 Å². The number of benzene rings is 3. The zero-order valence-corrected chi connectivity index (χ0v) is 16.9. The Bertz CT molecular complexity index is 1260. The lowest BCUT2D eigenvalue weighted by atomic mass is 9.94. The highest BCUT2D eigenvalue weighted by Gasteiger charge is 2.20. The maximum atomic E-state index is 13.0. The number of fused-ring (bicyclic) bond motifs is 1. The number of hydrogen-bond acceptors (Lipinski definition) is 2. The highest BCUT2D eigenvalue weighted by atomic mass is 16.2. The number of carbonyl (C=O) groups excluding carboxylic acids is 1. The first-order chi connectivity index (χ1) is 14.5. The van der Waals surface area contributed by atoms with Gasteiger partial charge in [0.15, 0.2) is 0 Å². The van der Waals surface area contributed by atoms with Crippen molar-refractivity contribution >= 4 is 22.5 Å². The summed E-state index contributed by atoms with van der Waals surface area (Å²) in [6.45, 7) is 1.80. The lowest BCUT2D eigenvalue weighted by Gasteiger charge is -2.22. The summed E-state index contributed by atoms with van der Waals surface area (Å²) < 4.78 is 1.45. The molecule has 0 spiro atoms. The number of hydrogen-bond donors (Lipinski definition) is 2. The van der Waals surface area contributed by atoms with Crippen LogP contribution in [0.2, 0.25) is 0 Å². The van der Waals surface area contributed by atoms with E-state index in [0.717, 1.165) is 27.5 Å². The van der Waals surface area contributed by atoms with Crippen LogP contribution < -0.4 is 16.2 Å². The van der Waals surface area contributed by atoms with Crippen molar-refractivity contribution in [1.29, 1.82) is 0 Å². The van der Waals surface area contributed by atoms with E-state index in [1.165, 1.54) is 4.57 Å². The SMILES string of the molecule is Cc1ccn(C)c(=O)c1NC(=O)NC(c1ccccc1)c1cccc2ccccc12. The van der Waals surface area contributed by atoms with E-state index in [0.29, 0.717) is 0 Å². The molecule has 2 N–H and O–H groups in total. The maximum Gasteiger partial charge on any atom is 0.320 e. The van der Waals surface area contributed by atoms with Gasteiger partial charge in [0.2, 0.25) is 0 Å². The van der Waals surface area contributed by atoms with Gasteiger partial charge in [0, 0.05) is 13.2 Å². The third-order valence-corrected chi connectivity index (χ3v) is 5.26. The molecule has 150 valence electrons. The molecule has 0 aliphatic carbocycles. The van der Waals surface area contributed by atoms with E-state index < -0.39 is 6.03 Å². The van der Waals surface area contributed by atoms with Crippen LogP contribution in [0.5, 0.6) is 0 Å². The van der Waals surface area contributed by atoms with Crippen molar-refractivity contribution in [3.63, 3.8) is 0 Å². The summed E-state index contributed by atoms with van der Waals surface area (Å²) in [4.78, 5) is 25.4. The van der Waals surface area contributed by atoms with Crippen LogP contribution in [0.4, 0.5) is 10.5 Å². The molecule has 0 saturated carbocycles. The fraction of sp³-hybridized carbons (Fsp3) is 0.120. The lowest BCUT2D eigenvalue weighted by Crippen LogP contribution is -2.36. The minimum atomic E-state index is -0.428. The van der Waals surface area contributed by atoms with E-state index in [9.17, 15) is 9.59 Å². The van der Waals surface area contributed by atoms with Crippen molar-refractivity contribution in [3.05, 3.63) is 112 Å². The van der Waals surface area contributed by atoms with Gasteiger partial charge < -0.3 is 15.2 Å². The smallest absolute Gasteiger partial charge is 0.320 e. The van der Waals surface area contributed by atoms with Crippen molar-refractivity contribution < 1.29 is 4.79 Å². The first-order valence-corrected chi connectivity index (χ1v) is 9.81. The molecular weight excluding hydrogens is 374 g/mol. The van der Waals surface area contributed by atoms with Gasteiger partial charge in [0.25, 0.3) is 5.56 Å². The first kappa shape index (κ1) is 19.5. The van der Waals surface area contributed by atoms with Gasteiger partial charge in [-0.05, 0) is 40.5 Å². The van der Waals surface area contributed by atoms with Crippen LogP contribution in [0, 0.1) is 6.92 Å². The zero-order chi connectivity index (χ0) is 21.1. The second-order valence-corrected chi connectivity index (χ2v) is 7.30. The van der Waals surface area contributed by atoms with E-state index in [1.807, 2.05) is 54.6 Å². The number of aryl methyl sites for hydroxylation is 2. The van der Waals surface area contributed by atoms with E-state index >= 15 is 0 Å². The van der Waals surface area contributed by atoms with Crippen LogP contribution in [0.1, 0.15) is 22.7 Å². The van der Waals surface area contributed by atoms with Gasteiger partial charge in [-0.3, -0.25) is 4.79 Å². The molecule has 0 bridgehead atoms. The number of carbonyl (C=O) groups is 1. The number of pyridine rings is 1. The second kappa shape index (κ2) is 8.25. The van der Waals surface area contributed by atoms with Gasteiger partial charge in [0.05, 0.1) is 6.04 Å². The second-order valence-electron chi connectivity index (χ2n) is 7.30. The van der Waals surface area contributed by atoms with Gasteiger partial charge in [-0.2, -0.15) is 0 Å². The Morgan fingerprint density at radius 1 is 0.900 bits per heavy atom. The minimum Gasteiger partial charge on any atom is -0.327 e. The highest BCUT2D eigenvalue weighted by molar-refractivity contribution is 5.92. The first-order valence-electron chi connectivity index (χ1n) is 9.81. The monoisotopic (exact) mass is 397 g/mol. The van der Waals surface area contributed by atoms with Crippen molar-refractivity contribution in [2.24, 2.45) is 7.05 Å². The quantitative estimate of drug-likeness (QED) is 0.522. The molecule has 5 nitrogen and oxygen atoms in total. The Hall–Kier alpha value is -3.86. The Morgan fingerprint density at radius 2 is 1.60 bits per heavy atom. The summed E-state index contributed by atoms with van der Waals surface area (Å²) in [6.07, 6.45) is 1.68. The predicted molar refractivity (Wildman–Crippen MR) is 121 cm³/mol. The van der Waals surface area contributed by atoms with E-state index in [2.05, 4.69) is 28.8 Å². The fourth-order valence-corrected chi connectivity index (χ4v) is 3.64. The predicted octanol–water partition coefficient (Wildman–Crippen LogP) is 4.76. The highest BCUT2D eigenvalue weighted by Crippen LogP contribution is 2.29. The molecule has 0 aliphatic heterocycles. The molecule has 0 fully saturated rings. The van der Waals surface area contributed by atoms with Crippen molar-refractivity contribution in [1.82, 2.24) is 9.88 Å². The Morgan fingerprint density at radius 3 is 2.40 bits per heavy atom. The number of rotatable bonds is 4. The molecule has 0 radical (unpaired) electrons. The molecule has 1 unspecified atom stereocenters. The maximum absolute atomic E-state index is 13.0. The van der Waals surface area contributed by atoms with E-state index in [-0.39, 0.29) is 17.3 Å². The minimum absolute atomic E-state index is 0.244. The third-order valence-electron chi connectivity index (χ3n) is 5.26. The normalized spacial score (nSPS) is 11.8. The topological polar surface area (TPSA) is 63.1 Å². The largest absolute Gasteiger partial charge is 0.327 e. The summed E-state index contributed by atoms with van der Waals surface area (Å²) in [6, 6.07) is 25.0. The van der Waals surface area contributed by atoms with E-state index in [1.54, 1.807) is 26.2 Å². The van der Waals surface area contributed by atoms with Crippen molar-refractivity contribution in [2.45, 2.75) is 13.0 Å². The molecule has 1 heterocycles. The molecule has 1 atom stereocenters. The average Bonchev–Trinajstić information content (AvgIpc) is 2.78. The Balaban J connectivity index is 1.72. The lowest BCUT2D eigenvalue weighted by molar-refractivity contribution is 0.250. The van der Waals surface area contributed by atoms with Gasteiger partial charge in [0.1, 0.15) is 5.69 Å². The number of amides is 2.